The number of carbonyl (C=O) groups is 3. The van der Waals surface area contributed by atoms with Crippen molar-refractivity contribution in [3.05, 3.63) is 35.9 Å². The molecule has 0 aliphatic carbocycles. The van der Waals surface area contributed by atoms with Crippen LogP contribution >= 0.6 is 0 Å². The van der Waals surface area contributed by atoms with Gasteiger partial charge in [-0.05, 0) is 50.5 Å². The molecule has 1 aliphatic rings. The van der Waals surface area contributed by atoms with Gasteiger partial charge in [0, 0.05) is 20.1 Å². The number of hydrogen-bond donors (Lipinski definition) is 5. The lowest BCUT2D eigenvalue weighted by Crippen LogP contribution is -2.54. The Kier molecular flexibility index (Phi) is 11.5. The molecule has 5 N–H and O–H groups in total. The third-order valence-corrected chi connectivity index (χ3v) is 5.99. The average molecular weight is 487 g/mol. The minimum atomic E-state index is -1.05. The highest BCUT2D eigenvalue weighted by Gasteiger charge is 2.38. The fraction of sp³-hybridized carbons (Fsp3) is 0.542. The smallest absolute Gasteiger partial charge is 0.326 e. The molecule has 1 amide bonds. The highest BCUT2D eigenvalue weighted by atomic mass is 16.4. The summed E-state index contributed by atoms with van der Waals surface area (Å²) >= 11 is 0. The summed E-state index contributed by atoms with van der Waals surface area (Å²) in [5.74, 6) is -2.14. The van der Waals surface area contributed by atoms with Crippen LogP contribution < -0.4 is 16.0 Å². The van der Waals surface area contributed by atoms with Crippen LogP contribution in [0.25, 0.3) is 0 Å². The summed E-state index contributed by atoms with van der Waals surface area (Å²) in [6.45, 7) is 0.841. The Labute approximate surface area is 205 Å². The molecular formula is C24H34N6O5. The molecule has 2 rings (SSSR count). The van der Waals surface area contributed by atoms with Crippen molar-refractivity contribution < 1.29 is 24.6 Å². The van der Waals surface area contributed by atoms with Crippen molar-refractivity contribution in [2.24, 2.45) is 4.99 Å². The summed E-state index contributed by atoms with van der Waals surface area (Å²) < 4.78 is 0. The van der Waals surface area contributed by atoms with Crippen LogP contribution in [-0.4, -0.2) is 77.2 Å². The van der Waals surface area contributed by atoms with Crippen LogP contribution in [0.2, 0.25) is 0 Å². The van der Waals surface area contributed by atoms with Gasteiger partial charge in [-0.15, -0.1) is 4.99 Å². The van der Waals surface area contributed by atoms with Gasteiger partial charge in [0.05, 0.1) is 6.04 Å². The topological polar surface area (TPSA) is 167 Å². The van der Waals surface area contributed by atoms with E-state index in [0.29, 0.717) is 64.0 Å². The molecule has 1 heterocycles. The van der Waals surface area contributed by atoms with E-state index in [2.05, 4.69) is 20.9 Å². The third-order valence-electron chi connectivity index (χ3n) is 5.99. The van der Waals surface area contributed by atoms with Gasteiger partial charge < -0.3 is 25.7 Å². The molecule has 1 aromatic carbocycles. The van der Waals surface area contributed by atoms with Gasteiger partial charge in [0.1, 0.15) is 12.1 Å². The molecular weight excluding hydrogens is 452 g/mol. The monoisotopic (exact) mass is 486 g/mol. The maximum atomic E-state index is 13.3. The van der Waals surface area contributed by atoms with E-state index in [9.17, 15) is 24.6 Å². The molecule has 35 heavy (non-hydrogen) atoms. The highest BCUT2D eigenvalue weighted by molar-refractivity contribution is 5.88. The van der Waals surface area contributed by atoms with Crippen LogP contribution in [0.5, 0.6) is 0 Å². The lowest BCUT2D eigenvalue weighted by molar-refractivity contribution is -0.149. The first-order valence-electron chi connectivity index (χ1n) is 11.8. The molecule has 11 nitrogen and oxygen atoms in total. The summed E-state index contributed by atoms with van der Waals surface area (Å²) in [5, 5.41) is 36.7. The van der Waals surface area contributed by atoms with Crippen molar-refractivity contribution in [3.8, 4) is 6.19 Å². The molecule has 1 saturated heterocycles. The van der Waals surface area contributed by atoms with Crippen molar-refractivity contribution in [3.63, 3.8) is 0 Å². The number of carboxylic acids is 2. The number of aliphatic imine (C=N–C) groups is 1. The van der Waals surface area contributed by atoms with Gasteiger partial charge in [-0.1, -0.05) is 30.3 Å². The summed E-state index contributed by atoms with van der Waals surface area (Å²) in [6.07, 6.45) is 5.07. The Hall–Kier alpha value is -3.65. The number of aliphatic carboxylic acids is 2. The number of nitriles is 1. The Balaban J connectivity index is 2.05. The second kappa shape index (κ2) is 14.6. The van der Waals surface area contributed by atoms with Crippen LogP contribution in [0.4, 0.5) is 0 Å². The number of guanidine groups is 1. The zero-order chi connectivity index (χ0) is 25.6. The van der Waals surface area contributed by atoms with Gasteiger partial charge in [-0.3, -0.25) is 14.9 Å². The molecule has 1 aromatic rings. The van der Waals surface area contributed by atoms with Gasteiger partial charge >= 0.3 is 11.9 Å². The maximum absolute atomic E-state index is 13.3. The van der Waals surface area contributed by atoms with Gasteiger partial charge in [-0.25, -0.2) is 4.79 Å². The lowest BCUT2D eigenvalue weighted by atomic mass is 10.0. The van der Waals surface area contributed by atoms with Crippen LogP contribution in [0, 0.1) is 11.5 Å². The summed E-state index contributed by atoms with van der Waals surface area (Å²) in [7, 11) is 1.64. The molecule has 0 unspecified atom stereocenters. The second-order valence-electron chi connectivity index (χ2n) is 8.40. The van der Waals surface area contributed by atoms with Crippen LogP contribution in [0.15, 0.2) is 35.3 Å². The minimum absolute atomic E-state index is 0.295. The average Bonchev–Trinajstić information content (AvgIpc) is 3.35. The second-order valence-corrected chi connectivity index (χ2v) is 8.40. The van der Waals surface area contributed by atoms with Gasteiger partial charge in [0.2, 0.25) is 18.1 Å². The number of hydrogen-bond acceptors (Lipinski definition) is 6. The number of aryl methyl sites for hydroxylation is 1. The Morgan fingerprint density at radius 3 is 2.54 bits per heavy atom. The zero-order valence-electron chi connectivity index (χ0n) is 19.9. The molecule has 0 radical (unpaired) electrons. The van der Waals surface area contributed by atoms with Crippen molar-refractivity contribution in [2.45, 2.75) is 63.1 Å². The first-order chi connectivity index (χ1) is 16.9. The van der Waals surface area contributed by atoms with E-state index < -0.39 is 30.1 Å². The number of unbranched alkanes of at least 4 members (excludes halogenated alkanes) is 1. The fourth-order valence-electron chi connectivity index (χ4n) is 4.16. The van der Waals surface area contributed by atoms with E-state index in [-0.39, 0.29) is 5.91 Å². The van der Waals surface area contributed by atoms with E-state index in [1.54, 1.807) is 13.2 Å². The molecule has 3 atom stereocenters. The van der Waals surface area contributed by atoms with E-state index in [1.807, 2.05) is 30.3 Å². The number of nitrogens with zero attached hydrogens (tertiary/aromatic N) is 3. The Morgan fingerprint density at radius 1 is 1.17 bits per heavy atom. The van der Waals surface area contributed by atoms with Crippen LogP contribution in [0.1, 0.15) is 44.1 Å². The van der Waals surface area contributed by atoms with Crippen molar-refractivity contribution in [1.29, 1.82) is 5.26 Å². The van der Waals surface area contributed by atoms with E-state index in [1.165, 1.54) is 4.90 Å². The number of benzene rings is 1. The fourth-order valence-corrected chi connectivity index (χ4v) is 4.16. The normalized spacial score (nSPS) is 17.3. The Morgan fingerprint density at radius 2 is 1.91 bits per heavy atom. The number of rotatable bonds is 13. The standard InChI is InChI=1S/C24H34N6O5/c1-26-24(28-16-25)27-14-6-5-10-18(21(31)30-15-7-11-20(30)23(34)35)29-19(22(32)33)13-12-17-8-3-2-4-9-17/h2-4,8-9,18-20,29H,5-7,10-15H2,1H3,(H,32,33)(H,34,35)(H2,26,27,28)/t18-,19-,20-/m0/s1. The van der Waals surface area contributed by atoms with E-state index in [4.69, 9.17) is 5.26 Å². The SMILES string of the molecule is CNC(=NC#N)NCCCC[C@H](N[C@@H](CCc1ccccc1)C(=O)O)C(=O)N1CCC[C@H]1C(=O)O. The number of carboxylic acid groups (broad SMARTS) is 2. The minimum Gasteiger partial charge on any atom is -0.480 e. The molecule has 0 bridgehead atoms. The number of carbonyl (C=O) groups excluding carboxylic acids is 1. The van der Waals surface area contributed by atoms with Gasteiger partial charge in [0.15, 0.2) is 0 Å². The molecule has 0 saturated carbocycles. The predicted octanol–water partition coefficient (Wildman–Crippen LogP) is 0.923. The quantitative estimate of drug-likeness (QED) is 0.118. The summed E-state index contributed by atoms with van der Waals surface area (Å²) in [6, 6.07) is 6.85. The van der Waals surface area contributed by atoms with Gasteiger partial charge in [0.25, 0.3) is 0 Å². The van der Waals surface area contributed by atoms with E-state index >= 15 is 0 Å². The summed E-state index contributed by atoms with van der Waals surface area (Å²) in [5.41, 5.74) is 0.999. The molecule has 1 fully saturated rings. The lowest BCUT2D eigenvalue weighted by Gasteiger charge is -2.29. The van der Waals surface area contributed by atoms with Crippen molar-refractivity contribution >= 4 is 23.8 Å². The number of likely N-dealkylation sites (tertiary alicyclic amines) is 1. The number of nitrogens with one attached hydrogen (secondary N) is 3. The molecule has 11 heteroatoms. The van der Waals surface area contributed by atoms with E-state index in [0.717, 1.165) is 5.56 Å². The van der Waals surface area contributed by atoms with Gasteiger partial charge in [-0.2, -0.15) is 5.26 Å². The molecule has 1 aliphatic heterocycles. The molecule has 0 spiro atoms. The molecule has 0 aromatic heterocycles. The third kappa shape index (κ3) is 8.90. The summed E-state index contributed by atoms with van der Waals surface area (Å²) in [4.78, 5) is 41.9. The highest BCUT2D eigenvalue weighted by Crippen LogP contribution is 2.20. The maximum Gasteiger partial charge on any atom is 0.326 e. The van der Waals surface area contributed by atoms with Crippen LogP contribution in [-0.2, 0) is 20.8 Å². The van der Waals surface area contributed by atoms with Crippen LogP contribution in [0.3, 0.4) is 0 Å². The first-order valence-corrected chi connectivity index (χ1v) is 11.8. The van der Waals surface area contributed by atoms with Crippen molar-refractivity contribution in [2.75, 3.05) is 20.1 Å². The predicted molar refractivity (Wildman–Crippen MR) is 129 cm³/mol. The van der Waals surface area contributed by atoms with Crippen molar-refractivity contribution in [1.82, 2.24) is 20.9 Å². The first kappa shape index (κ1) is 27.6. The largest absolute Gasteiger partial charge is 0.480 e. The molecule has 190 valence electrons. The number of amides is 1. The Bertz CT molecular complexity index is 917. The zero-order valence-corrected chi connectivity index (χ0v) is 19.9.